The Kier molecular flexibility index (Phi) is 15.4. The van der Waals surface area contributed by atoms with Crippen LogP contribution in [0.2, 0.25) is 0 Å². The molecule has 0 spiro atoms. The van der Waals surface area contributed by atoms with Gasteiger partial charge in [0, 0.05) is 18.5 Å². The number of hydrogen-bond acceptors (Lipinski definition) is 4. The molecular weight excluding hydrogens is 354 g/mol. The Morgan fingerprint density at radius 1 is 0.893 bits per heavy atom. The van der Waals surface area contributed by atoms with Gasteiger partial charge in [0.1, 0.15) is 6.54 Å². The lowest BCUT2D eigenvalue weighted by Crippen LogP contribution is -2.45. The largest absolute Gasteiger partial charge is 0.550 e. The number of carboxylic acids is 1. The molecule has 0 saturated carbocycles. The summed E-state index contributed by atoms with van der Waals surface area (Å²) >= 11 is 0. The Morgan fingerprint density at radius 3 is 2.07 bits per heavy atom. The van der Waals surface area contributed by atoms with E-state index in [4.69, 9.17) is 4.74 Å². The molecule has 0 rings (SSSR count). The van der Waals surface area contributed by atoms with E-state index in [9.17, 15) is 14.7 Å². The number of carbonyl (C=O) groups is 2. The molecule has 0 aliphatic carbocycles. The van der Waals surface area contributed by atoms with E-state index >= 15 is 0 Å². The Hall–Kier alpha value is -1.62. The first kappa shape index (κ1) is 26.4. The van der Waals surface area contributed by atoms with Crippen molar-refractivity contribution in [2.75, 3.05) is 27.7 Å². The van der Waals surface area contributed by atoms with E-state index < -0.39 is 18.0 Å². The number of ether oxygens (including phenoxy) is 1. The number of carbonyl (C=O) groups excluding carboxylic acids is 2. The van der Waals surface area contributed by atoms with E-state index in [-0.39, 0.29) is 6.42 Å². The third-order valence-electron chi connectivity index (χ3n) is 4.32. The molecule has 0 heterocycles. The van der Waals surface area contributed by atoms with Crippen molar-refractivity contribution < 1.29 is 23.9 Å². The highest BCUT2D eigenvalue weighted by atomic mass is 16.5. The van der Waals surface area contributed by atoms with Crippen LogP contribution in [0.4, 0.5) is 0 Å². The molecule has 0 N–H and O–H groups in total. The molecule has 0 aromatic heterocycles. The number of hydrogen-bond donors (Lipinski definition) is 0. The minimum absolute atomic E-state index is 0.279. The van der Waals surface area contributed by atoms with E-state index in [2.05, 4.69) is 19.1 Å². The minimum atomic E-state index is -1.21. The van der Waals surface area contributed by atoms with Gasteiger partial charge in [-0.15, -0.1) is 0 Å². The van der Waals surface area contributed by atoms with Crippen LogP contribution in [0.15, 0.2) is 24.3 Å². The van der Waals surface area contributed by atoms with E-state index in [0.29, 0.717) is 11.0 Å². The van der Waals surface area contributed by atoms with E-state index in [1.54, 1.807) is 6.08 Å². The summed E-state index contributed by atoms with van der Waals surface area (Å²) in [4.78, 5) is 22.7. The van der Waals surface area contributed by atoms with Crippen LogP contribution in [0.25, 0.3) is 0 Å². The summed E-state index contributed by atoms with van der Waals surface area (Å²) in [7, 11) is 5.77. The molecule has 5 nitrogen and oxygen atoms in total. The summed E-state index contributed by atoms with van der Waals surface area (Å²) in [6.45, 7) is 2.66. The molecule has 0 saturated heterocycles. The molecular formula is C23H41NO4. The molecule has 0 unspecified atom stereocenters. The maximum absolute atomic E-state index is 11.9. The van der Waals surface area contributed by atoms with Gasteiger partial charge < -0.3 is 19.1 Å². The molecule has 1 atom stereocenters. The zero-order valence-electron chi connectivity index (χ0n) is 18.5. The highest BCUT2D eigenvalue weighted by Crippen LogP contribution is 2.08. The van der Waals surface area contributed by atoms with Crippen molar-refractivity contribution in [1.29, 1.82) is 0 Å². The first-order valence-corrected chi connectivity index (χ1v) is 10.8. The zero-order valence-corrected chi connectivity index (χ0v) is 18.5. The molecule has 0 aliphatic rings. The quantitative estimate of drug-likeness (QED) is 0.124. The molecule has 0 aliphatic heterocycles. The first-order chi connectivity index (χ1) is 13.2. The van der Waals surface area contributed by atoms with Crippen molar-refractivity contribution in [3.8, 4) is 0 Å². The van der Waals surface area contributed by atoms with Crippen molar-refractivity contribution in [3.05, 3.63) is 24.3 Å². The van der Waals surface area contributed by atoms with Crippen molar-refractivity contribution in [3.63, 3.8) is 0 Å². The highest BCUT2D eigenvalue weighted by Gasteiger charge is 2.21. The molecule has 162 valence electrons. The third-order valence-corrected chi connectivity index (χ3v) is 4.32. The minimum Gasteiger partial charge on any atom is -0.550 e. The van der Waals surface area contributed by atoms with Crippen molar-refractivity contribution in [2.45, 2.75) is 83.7 Å². The van der Waals surface area contributed by atoms with Gasteiger partial charge in [-0.25, -0.2) is 4.79 Å². The van der Waals surface area contributed by atoms with Crippen LogP contribution in [0, 0.1) is 0 Å². The SMILES string of the molecule is CCCCCCCC/C=C\CCC/C=C/C(=O)O[C@H](CC(=O)[O-])C[N+](C)(C)C. The summed E-state index contributed by atoms with van der Waals surface area (Å²) in [5, 5.41) is 10.8. The maximum atomic E-state index is 11.9. The van der Waals surface area contributed by atoms with Crippen LogP contribution in [-0.4, -0.2) is 50.2 Å². The molecule has 5 heteroatoms. The van der Waals surface area contributed by atoms with Crippen LogP contribution >= 0.6 is 0 Å². The number of rotatable bonds is 17. The summed E-state index contributed by atoms with van der Waals surface area (Å²) < 4.78 is 5.78. The lowest BCUT2D eigenvalue weighted by Gasteiger charge is -2.29. The van der Waals surface area contributed by atoms with Crippen LogP contribution in [0.3, 0.4) is 0 Å². The number of esters is 1. The molecule has 0 radical (unpaired) electrons. The normalized spacial score (nSPS) is 13.3. The predicted molar refractivity (Wildman–Crippen MR) is 113 cm³/mol. The fourth-order valence-corrected chi connectivity index (χ4v) is 2.96. The third kappa shape index (κ3) is 19.2. The van der Waals surface area contributed by atoms with E-state index in [1.807, 2.05) is 21.1 Å². The Morgan fingerprint density at radius 2 is 1.46 bits per heavy atom. The van der Waals surface area contributed by atoms with Gasteiger partial charge in [-0.1, -0.05) is 57.3 Å². The molecule has 0 amide bonds. The second-order valence-corrected chi connectivity index (χ2v) is 8.47. The molecule has 0 aromatic rings. The van der Waals surface area contributed by atoms with Crippen LogP contribution in [-0.2, 0) is 14.3 Å². The zero-order chi connectivity index (χ0) is 21.3. The number of carboxylic acid groups (broad SMARTS) is 1. The number of nitrogens with zero attached hydrogens (tertiary/aromatic N) is 1. The molecule has 0 aromatic carbocycles. The van der Waals surface area contributed by atoms with Gasteiger partial charge in [0.2, 0.25) is 0 Å². The number of aliphatic carboxylic acids is 1. The first-order valence-electron chi connectivity index (χ1n) is 10.8. The molecule has 28 heavy (non-hydrogen) atoms. The van der Waals surface area contributed by atoms with Gasteiger partial charge in [0.25, 0.3) is 0 Å². The average molecular weight is 396 g/mol. The number of likely N-dealkylation sites (N-methyl/N-ethyl adjacent to an activating group) is 1. The predicted octanol–water partition coefficient (Wildman–Crippen LogP) is 3.78. The van der Waals surface area contributed by atoms with Crippen LogP contribution in [0.1, 0.15) is 77.6 Å². The lowest BCUT2D eigenvalue weighted by atomic mass is 10.1. The summed E-state index contributed by atoms with van der Waals surface area (Å²) in [5.74, 6) is -1.69. The second kappa shape index (κ2) is 16.3. The maximum Gasteiger partial charge on any atom is 0.330 e. The number of quaternary nitrogens is 1. The van der Waals surface area contributed by atoms with Crippen molar-refractivity contribution >= 4 is 11.9 Å². The summed E-state index contributed by atoms with van der Waals surface area (Å²) in [6.07, 6.45) is 18.6. The van der Waals surface area contributed by atoms with Crippen molar-refractivity contribution in [1.82, 2.24) is 0 Å². The summed E-state index contributed by atoms with van der Waals surface area (Å²) in [5.41, 5.74) is 0. The fraction of sp³-hybridized carbons (Fsp3) is 0.739. The Labute approximate surface area is 172 Å². The monoisotopic (exact) mass is 395 g/mol. The topological polar surface area (TPSA) is 66.4 Å². The van der Waals surface area contributed by atoms with Gasteiger partial charge in [-0.3, -0.25) is 0 Å². The van der Waals surface area contributed by atoms with E-state index in [1.165, 1.54) is 44.6 Å². The van der Waals surface area contributed by atoms with Crippen LogP contribution in [0.5, 0.6) is 0 Å². The van der Waals surface area contributed by atoms with Crippen molar-refractivity contribution in [2.24, 2.45) is 0 Å². The van der Waals surface area contributed by atoms with Crippen LogP contribution < -0.4 is 5.11 Å². The Bertz CT molecular complexity index is 477. The van der Waals surface area contributed by atoms with Gasteiger partial charge in [0.05, 0.1) is 21.1 Å². The smallest absolute Gasteiger partial charge is 0.330 e. The molecule has 0 bridgehead atoms. The average Bonchev–Trinajstić information content (AvgIpc) is 2.56. The lowest BCUT2D eigenvalue weighted by molar-refractivity contribution is -0.873. The highest BCUT2D eigenvalue weighted by molar-refractivity contribution is 5.82. The molecule has 0 fully saturated rings. The van der Waals surface area contributed by atoms with Gasteiger partial charge in [-0.05, 0) is 32.1 Å². The number of allylic oxidation sites excluding steroid dienone is 3. The Balaban J connectivity index is 3.88. The standard InChI is InChI=1S/C23H41NO4/c1-5-6-7-8-9-10-11-12-13-14-15-16-17-18-23(27)28-21(19-22(25)26)20-24(2,3)4/h12-13,17-18,21H,5-11,14-16,19-20H2,1-4H3/b13-12-,18-17+/t21-/m1/s1. The van der Waals surface area contributed by atoms with Gasteiger partial charge in [0.15, 0.2) is 6.10 Å². The summed E-state index contributed by atoms with van der Waals surface area (Å²) in [6, 6.07) is 0. The van der Waals surface area contributed by atoms with E-state index in [0.717, 1.165) is 25.7 Å². The van der Waals surface area contributed by atoms with Gasteiger partial charge >= 0.3 is 5.97 Å². The fourth-order valence-electron chi connectivity index (χ4n) is 2.96. The van der Waals surface area contributed by atoms with Gasteiger partial charge in [-0.2, -0.15) is 0 Å². The number of unbranched alkanes of at least 4 members (excludes halogenated alkanes) is 8. The second-order valence-electron chi connectivity index (χ2n) is 8.47.